The van der Waals surface area contributed by atoms with Gasteiger partial charge in [0.05, 0.1) is 0 Å². The van der Waals surface area contributed by atoms with Crippen LogP contribution in [0.15, 0.2) is 174 Å². The van der Waals surface area contributed by atoms with Crippen LogP contribution >= 0.6 is 11.3 Å². The lowest BCUT2D eigenvalue weighted by Crippen LogP contribution is -2.00. The van der Waals surface area contributed by atoms with E-state index in [2.05, 4.69) is 48.5 Å². The van der Waals surface area contributed by atoms with Crippen molar-refractivity contribution in [2.75, 3.05) is 0 Å². The van der Waals surface area contributed by atoms with Crippen molar-refractivity contribution in [3.63, 3.8) is 0 Å². The van der Waals surface area contributed by atoms with Crippen LogP contribution in [0.25, 0.3) is 110 Å². The van der Waals surface area contributed by atoms with Crippen LogP contribution in [0.1, 0.15) is 0 Å². The summed E-state index contributed by atoms with van der Waals surface area (Å²) in [4.78, 5) is 30.5. The number of rotatable bonds is 6. The summed E-state index contributed by atoms with van der Waals surface area (Å²) in [5, 5.41) is 4.23. The number of fused-ring (bicyclic) bond motifs is 6. The number of nitrogens with zero attached hydrogens (tertiary/aromatic N) is 6. The molecule has 0 aliphatic carbocycles. The first-order chi connectivity index (χ1) is 27.7. The topological polar surface area (TPSA) is 90.5 Å². The third kappa shape index (κ3) is 5.51. The van der Waals surface area contributed by atoms with E-state index < -0.39 is 0 Å². The SMILES string of the molecule is c1ccc(-c2nc(-c3ccc4oc5ccccc5c4c3)nc(-c3cccc4c3sc3cccc(-c5nc(-c6ccccc6)nc(-c6ccccc6)n5)c34)n2)cc1. The average molecular weight is 737 g/mol. The van der Waals surface area contributed by atoms with E-state index >= 15 is 0 Å². The van der Waals surface area contributed by atoms with E-state index in [0.717, 1.165) is 75.5 Å². The Balaban J connectivity index is 1.11. The van der Waals surface area contributed by atoms with Gasteiger partial charge in [0.25, 0.3) is 0 Å². The third-order valence-corrected chi connectivity index (χ3v) is 11.2. The van der Waals surface area contributed by atoms with E-state index in [4.69, 9.17) is 34.3 Å². The Kier molecular flexibility index (Phi) is 7.53. The maximum absolute atomic E-state index is 6.14. The van der Waals surface area contributed by atoms with Gasteiger partial charge >= 0.3 is 0 Å². The highest BCUT2D eigenvalue weighted by Crippen LogP contribution is 2.43. The standard InChI is InChI=1S/C48H28N6OS/c1-4-14-29(15-5-1)43-49-44(30-16-6-2-7-17-30)52-47(51-43)35-22-13-25-40-41(35)34-21-12-23-36(42(34)56-40)48-53-45(31-18-8-3-9-19-31)50-46(54-48)32-26-27-39-37(28-32)33-20-10-11-24-38(33)55-39/h1-28H. The molecular formula is C48H28N6OS. The molecule has 0 saturated heterocycles. The largest absolute Gasteiger partial charge is 0.456 e. The molecular weight excluding hydrogens is 709 g/mol. The minimum Gasteiger partial charge on any atom is -0.456 e. The van der Waals surface area contributed by atoms with Gasteiger partial charge in [-0.05, 0) is 36.4 Å². The lowest BCUT2D eigenvalue weighted by molar-refractivity contribution is 0.669. The summed E-state index contributed by atoms with van der Waals surface area (Å²) < 4.78 is 8.33. The van der Waals surface area contributed by atoms with Crippen molar-refractivity contribution in [1.82, 2.24) is 29.9 Å². The van der Waals surface area contributed by atoms with Gasteiger partial charge < -0.3 is 4.42 Å². The zero-order chi connectivity index (χ0) is 37.0. The molecule has 0 amide bonds. The van der Waals surface area contributed by atoms with E-state index in [9.17, 15) is 0 Å². The molecule has 0 unspecified atom stereocenters. The Morgan fingerprint density at radius 1 is 0.339 bits per heavy atom. The highest BCUT2D eigenvalue weighted by atomic mass is 32.1. The van der Waals surface area contributed by atoms with Gasteiger partial charge in [-0.25, -0.2) is 29.9 Å². The van der Waals surface area contributed by atoms with Crippen LogP contribution in [0.2, 0.25) is 0 Å². The summed E-state index contributed by atoms with van der Waals surface area (Å²) in [6.07, 6.45) is 0. The van der Waals surface area contributed by atoms with E-state index in [1.54, 1.807) is 11.3 Å². The Bertz CT molecular complexity index is 3200. The number of hydrogen-bond acceptors (Lipinski definition) is 8. The zero-order valence-electron chi connectivity index (χ0n) is 29.7. The van der Waals surface area contributed by atoms with Crippen molar-refractivity contribution in [1.29, 1.82) is 0 Å². The predicted octanol–water partition coefficient (Wildman–Crippen LogP) is 12.3. The molecule has 0 N–H and O–H groups in total. The van der Waals surface area contributed by atoms with Crippen LogP contribution in [0.3, 0.4) is 0 Å². The number of benzene rings is 7. The smallest absolute Gasteiger partial charge is 0.165 e. The molecule has 262 valence electrons. The first-order valence-corrected chi connectivity index (χ1v) is 19.1. The Morgan fingerprint density at radius 2 is 0.821 bits per heavy atom. The maximum atomic E-state index is 6.14. The van der Waals surface area contributed by atoms with Crippen molar-refractivity contribution in [2.24, 2.45) is 0 Å². The number of furan rings is 1. The van der Waals surface area contributed by atoms with Crippen molar-refractivity contribution < 1.29 is 4.42 Å². The summed E-state index contributed by atoms with van der Waals surface area (Å²) in [6, 6.07) is 57.1. The van der Waals surface area contributed by atoms with Gasteiger partial charge in [0, 0.05) is 64.3 Å². The molecule has 0 aliphatic rings. The summed E-state index contributed by atoms with van der Waals surface area (Å²) in [5.41, 5.74) is 7.19. The fourth-order valence-corrected chi connectivity index (χ4v) is 8.58. The van der Waals surface area contributed by atoms with E-state index in [1.807, 2.05) is 121 Å². The van der Waals surface area contributed by atoms with Gasteiger partial charge in [0.2, 0.25) is 0 Å². The maximum Gasteiger partial charge on any atom is 0.165 e. The summed E-state index contributed by atoms with van der Waals surface area (Å²) in [6.45, 7) is 0. The van der Waals surface area contributed by atoms with Crippen LogP contribution in [0.5, 0.6) is 0 Å². The molecule has 0 fully saturated rings. The van der Waals surface area contributed by atoms with Crippen molar-refractivity contribution in [2.45, 2.75) is 0 Å². The predicted molar refractivity (Wildman–Crippen MR) is 226 cm³/mol. The molecule has 0 spiro atoms. The van der Waals surface area contributed by atoms with Crippen LogP contribution < -0.4 is 0 Å². The quantitative estimate of drug-likeness (QED) is 0.168. The molecule has 11 aromatic rings. The summed E-state index contributed by atoms with van der Waals surface area (Å²) in [5.74, 6) is 3.66. The monoisotopic (exact) mass is 736 g/mol. The van der Waals surface area contributed by atoms with Crippen LogP contribution in [-0.2, 0) is 0 Å². The first kappa shape index (κ1) is 32.0. The fraction of sp³-hybridized carbons (Fsp3) is 0. The Labute approximate surface area is 324 Å². The second-order valence-electron chi connectivity index (χ2n) is 13.5. The number of thiophene rings is 1. The van der Waals surface area contributed by atoms with Crippen molar-refractivity contribution >= 4 is 53.4 Å². The molecule has 7 nitrogen and oxygen atoms in total. The second kappa shape index (κ2) is 13.2. The number of para-hydroxylation sites is 1. The van der Waals surface area contributed by atoms with Crippen LogP contribution in [-0.4, -0.2) is 29.9 Å². The number of aromatic nitrogens is 6. The highest BCUT2D eigenvalue weighted by molar-refractivity contribution is 7.26. The molecule has 0 atom stereocenters. The van der Waals surface area contributed by atoms with Gasteiger partial charge in [0.15, 0.2) is 34.9 Å². The van der Waals surface area contributed by atoms with Gasteiger partial charge in [0.1, 0.15) is 11.2 Å². The van der Waals surface area contributed by atoms with Crippen LogP contribution in [0.4, 0.5) is 0 Å². The normalized spacial score (nSPS) is 11.6. The minimum absolute atomic E-state index is 0.590. The van der Waals surface area contributed by atoms with Gasteiger partial charge in [-0.3, -0.25) is 0 Å². The summed E-state index contributed by atoms with van der Waals surface area (Å²) >= 11 is 1.72. The number of hydrogen-bond donors (Lipinski definition) is 0. The van der Waals surface area contributed by atoms with Crippen LogP contribution in [0, 0.1) is 0 Å². The molecule has 4 aromatic heterocycles. The van der Waals surface area contributed by atoms with Crippen molar-refractivity contribution in [3.8, 4) is 68.3 Å². The molecule has 11 rings (SSSR count). The molecule has 8 heteroatoms. The minimum atomic E-state index is 0.590. The second-order valence-corrected chi connectivity index (χ2v) is 14.5. The Hall–Kier alpha value is -7.42. The molecule has 0 radical (unpaired) electrons. The van der Waals surface area contributed by atoms with Crippen molar-refractivity contribution in [3.05, 3.63) is 170 Å². The molecule has 0 saturated carbocycles. The van der Waals surface area contributed by atoms with E-state index in [1.165, 1.54) is 0 Å². The molecule has 7 aromatic carbocycles. The van der Waals surface area contributed by atoms with E-state index in [-0.39, 0.29) is 0 Å². The molecule has 0 bridgehead atoms. The van der Waals surface area contributed by atoms with Gasteiger partial charge in [-0.15, -0.1) is 11.3 Å². The Morgan fingerprint density at radius 3 is 1.46 bits per heavy atom. The third-order valence-electron chi connectivity index (χ3n) is 10.0. The highest BCUT2D eigenvalue weighted by Gasteiger charge is 2.21. The van der Waals surface area contributed by atoms with Gasteiger partial charge in [-0.2, -0.15) is 0 Å². The summed E-state index contributed by atoms with van der Waals surface area (Å²) in [7, 11) is 0. The van der Waals surface area contributed by atoms with E-state index in [0.29, 0.717) is 34.9 Å². The fourth-order valence-electron chi connectivity index (χ4n) is 7.35. The lowest BCUT2D eigenvalue weighted by atomic mass is 10.0. The zero-order valence-corrected chi connectivity index (χ0v) is 30.5. The first-order valence-electron chi connectivity index (χ1n) is 18.3. The molecule has 0 aliphatic heterocycles. The lowest BCUT2D eigenvalue weighted by Gasteiger charge is -2.10. The molecule has 56 heavy (non-hydrogen) atoms. The van der Waals surface area contributed by atoms with Gasteiger partial charge in [-0.1, -0.05) is 133 Å². The average Bonchev–Trinajstić information content (AvgIpc) is 3.85. The molecule has 4 heterocycles.